The Bertz CT molecular complexity index is 240. The van der Waals surface area contributed by atoms with Gasteiger partial charge in [-0.15, -0.1) is 12.4 Å². The van der Waals surface area contributed by atoms with E-state index in [1.807, 2.05) is 19.1 Å². The summed E-state index contributed by atoms with van der Waals surface area (Å²) < 4.78 is 0. The van der Waals surface area contributed by atoms with Crippen molar-refractivity contribution in [2.24, 2.45) is 5.90 Å². The van der Waals surface area contributed by atoms with Gasteiger partial charge >= 0.3 is 0 Å². The minimum atomic E-state index is 0. The first-order valence-electron chi connectivity index (χ1n) is 2.87. The lowest BCUT2D eigenvalue weighted by Crippen LogP contribution is -2.02. The molecule has 0 aliphatic carbocycles. The topological polar surface area (TPSA) is 35.2 Å². The van der Waals surface area contributed by atoms with E-state index in [9.17, 15) is 0 Å². The molecular weight excluding hydrogens is 185 g/mol. The Kier molecular flexibility index (Phi) is 4.26. The molecule has 4 heteroatoms. The molecule has 0 fully saturated rings. The average molecular weight is 194 g/mol. The van der Waals surface area contributed by atoms with Gasteiger partial charge in [0, 0.05) is 0 Å². The fourth-order valence-corrected chi connectivity index (χ4v) is 0.882. The maximum Gasteiger partial charge on any atom is 0.165 e. The third-order valence-corrected chi connectivity index (χ3v) is 1.77. The van der Waals surface area contributed by atoms with Crippen molar-refractivity contribution in [1.29, 1.82) is 0 Å². The number of nitrogens with two attached hydrogens (primary N) is 1. The Hall–Kier alpha value is -0.440. The zero-order chi connectivity index (χ0) is 7.56. The van der Waals surface area contributed by atoms with Gasteiger partial charge in [-0.05, 0) is 18.6 Å². The summed E-state index contributed by atoms with van der Waals surface area (Å²) >= 11 is 5.79. The van der Waals surface area contributed by atoms with E-state index in [4.69, 9.17) is 17.5 Å². The summed E-state index contributed by atoms with van der Waals surface area (Å²) in [6.07, 6.45) is 0. The van der Waals surface area contributed by atoms with Crippen LogP contribution in [0, 0.1) is 6.92 Å². The Morgan fingerprint density at radius 2 is 2.09 bits per heavy atom. The van der Waals surface area contributed by atoms with Crippen LogP contribution in [0.1, 0.15) is 5.56 Å². The quantitative estimate of drug-likeness (QED) is 0.696. The van der Waals surface area contributed by atoms with Crippen molar-refractivity contribution in [3.8, 4) is 5.75 Å². The van der Waals surface area contributed by atoms with Crippen LogP contribution in [0.2, 0.25) is 5.02 Å². The largest absolute Gasteiger partial charge is 0.410 e. The summed E-state index contributed by atoms with van der Waals surface area (Å²) in [5.41, 5.74) is 0.963. The maximum absolute atomic E-state index is 5.79. The lowest BCUT2D eigenvalue weighted by molar-refractivity contribution is 0.334. The van der Waals surface area contributed by atoms with Crippen LogP contribution >= 0.6 is 24.0 Å². The zero-order valence-electron chi connectivity index (χ0n) is 6.00. The third kappa shape index (κ3) is 2.26. The van der Waals surface area contributed by atoms with Gasteiger partial charge in [0.15, 0.2) is 5.75 Å². The molecule has 11 heavy (non-hydrogen) atoms. The Morgan fingerprint density at radius 3 is 2.55 bits per heavy atom. The summed E-state index contributed by atoms with van der Waals surface area (Å²) in [6.45, 7) is 1.89. The summed E-state index contributed by atoms with van der Waals surface area (Å²) in [6, 6.07) is 5.45. The zero-order valence-corrected chi connectivity index (χ0v) is 7.58. The van der Waals surface area contributed by atoms with E-state index in [0.29, 0.717) is 10.8 Å². The Morgan fingerprint density at radius 1 is 1.45 bits per heavy atom. The molecule has 1 rings (SSSR count). The second kappa shape index (κ2) is 4.44. The lowest BCUT2D eigenvalue weighted by Gasteiger charge is -2.02. The molecule has 0 amide bonds. The van der Waals surface area contributed by atoms with Crippen molar-refractivity contribution in [1.82, 2.24) is 0 Å². The van der Waals surface area contributed by atoms with Crippen LogP contribution in [0.3, 0.4) is 0 Å². The standard InChI is InChI=1S/C7H8ClNO.ClH/c1-5-3-2-4-6(10-9)7(5)8;/h2-4H,9H2,1H3;1H. The number of rotatable bonds is 1. The molecule has 0 spiro atoms. The fourth-order valence-electron chi connectivity index (χ4n) is 0.712. The minimum Gasteiger partial charge on any atom is -0.410 e. The first-order chi connectivity index (χ1) is 4.75. The van der Waals surface area contributed by atoms with Gasteiger partial charge in [-0.3, -0.25) is 0 Å². The molecule has 1 aromatic carbocycles. The highest BCUT2D eigenvalue weighted by Gasteiger charge is 2.00. The van der Waals surface area contributed by atoms with Gasteiger partial charge in [0.25, 0.3) is 0 Å². The van der Waals surface area contributed by atoms with Crippen LogP contribution in [-0.4, -0.2) is 0 Å². The van der Waals surface area contributed by atoms with E-state index in [2.05, 4.69) is 4.84 Å². The van der Waals surface area contributed by atoms with E-state index in [1.165, 1.54) is 0 Å². The van der Waals surface area contributed by atoms with Gasteiger partial charge < -0.3 is 4.84 Å². The van der Waals surface area contributed by atoms with Gasteiger partial charge in [0.1, 0.15) is 0 Å². The maximum atomic E-state index is 5.79. The van der Waals surface area contributed by atoms with Crippen molar-refractivity contribution < 1.29 is 4.84 Å². The first kappa shape index (κ1) is 10.6. The van der Waals surface area contributed by atoms with E-state index < -0.39 is 0 Å². The SMILES string of the molecule is Cc1cccc(ON)c1Cl.Cl. The molecule has 0 unspecified atom stereocenters. The predicted octanol–water partition coefficient (Wildman–Crippen LogP) is 2.32. The molecule has 62 valence electrons. The Labute approximate surface area is 76.7 Å². The van der Waals surface area contributed by atoms with E-state index in [1.54, 1.807) is 6.07 Å². The smallest absolute Gasteiger partial charge is 0.165 e. The summed E-state index contributed by atoms with van der Waals surface area (Å²) in [7, 11) is 0. The molecule has 0 saturated carbocycles. The third-order valence-electron chi connectivity index (χ3n) is 1.28. The number of aryl methyl sites for hydroxylation is 1. The number of hydrogen-bond donors (Lipinski definition) is 1. The predicted molar refractivity (Wildman–Crippen MR) is 48.3 cm³/mol. The summed E-state index contributed by atoms with van der Waals surface area (Å²) in [5.74, 6) is 5.45. The van der Waals surface area contributed by atoms with E-state index >= 15 is 0 Å². The fraction of sp³-hybridized carbons (Fsp3) is 0.143. The highest BCUT2D eigenvalue weighted by molar-refractivity contribution is 6.32. The molecule has 0 saturated heterocycles. The van der Waals surface area contributed by atoms with Gasteiger partial charge in [-0.25, -0.2) is 0 Å². The molecular formula is C7H9Cl2NO. The van der Waals surface area contributed by atoms with Crippen molar-refractivity contribution in [3.05, 3.63) is 28.8 Å². The van der Waals surface area contributed by atoms with Gasteiger partial charge in [0.2, 0.25) is 0 Å². The normalized spacial score (nSPS) is 8.64. The van der Waals surface area contributed by atoms with Crippen LogP contribution in [0.5, 0.6) is 5.75 Å². The van der Waals surface area contributed by atoms with Crippen molar-refractivity contribution in [2.75, 3.05) is 0 Å². The van der Waals surface area contributed by atoms with Crippen molar-refractivity contribution in [3.63, 3.8) is 0 Å². The molecule has 0 heterocycles. The minimum absolute atomic E-state index is 0. The van der Waals surface area contributed by atoms with Crippen LogP contribution < -0.4 is 10.7 Å². The van der Waals surface area contributed by atoms with Crippen LogP contribution in [0.15, 0.2) is 18.2 Å². The second-order valence-corrected chi connectivity index (χ2v) is 2.38. The molecule has 2 N–H and O–H groups in total. The summed E-state index contributed by atoms with van der Waals surface area (Å²) in [4.78, 5) is 4.49. The molecule has 0 bridgehead atoms. The van der Waals surface area contributed by atoms with Crippen LogP contribution in [-0.2, 0) is 0 Å². The van der Waals surface area contributed by atoms with Crippen LogP contribution in [0.4, 0.5) is 0 Å². The Balaban J connectivity index is 0.000001000. The molecule has 0 atom stereocenters. The van der Waals surface area contributed by atoms with Crippen LogP contribution in [0.25, 0.3) is 0 Å². The monoisotopic (exact) mass is 193 g/mol. The lowest BCUT2D eigenvalue weighted by atomic mass is 10.2. The molecule has 0 radical (unpaired) electrons. The van der Waals surface area contributed by atoms with E-state index in [0.717, 1.165) is 5.56 Å². The number of hydrogen-bond acceptors (Lipinski definition) is 2. The molecule has 2 nitrogen and oxygen atoms in total. The first-order valence-corrected chi connectivity index (χ1v) is 3.25. The second-order valence-electron chi connectivity index (χ2n) is 2.00. The molecule has 1 aromatic rings. The highest BCUT2D eigenvalue weighted by atomic mass is 35.5. The van der Waals surface area contributed by atoms with Gasteiger partial charge in [0.05, 0.1) is 5.02 Å². The van der Waals surface area contributed by atoms with Gasteiger partial charge in [-0.1, -0.05) is 23.7 Å². The molecule has 0 aliphatic heterocycles. The average Bonchev–Trinajstić information content (AvgIpc) is 1.95. The molecule has 0 aromatic heterocycles. The highest BCUT2D eigenvalue weighted by Crippen LogP contribution is 2.25. The summed E-state index contributed by atoms with van der Waals surface area (Å²) in [5, 5.41) is 0.574. The van der Waals surface area contributed by atoms with Gasteiger partial charge in [-0.2, -0.15) is 5.90 Å². The van der Waals surface area contributed by atoms with Crippen molar-refractivity contribution >= 4 is 24.0 Å². The molecule has 0 aliphatic rings. The van der Waals surface area contributed by atoms with Crippen molar-refractivity contribution in [2.45, 2.75) is 6.92 Å². The number of benzene rings is 1. The van der Waals surface area contributed by atoms with E-state index in [-0.39, 0.29) is 12.4 Å². The number of halogens is 2.